The lowest BCUT2D eigenvalue weighted by Gasteiger charge is -2.18. The monoisotopic (exact) mass is 336 g/mol. The lowest BCUT2D eigenvalue weighted by Crippen LogP contribution is -2.31. The van der Waals surface area contributed by atoms with Crippen LogP contribution in [0.1, 0.15) is 28.8 Å². The van der Waals surface area contributed by atoms with Crippen LogP contribution < -0.4 is 0 Å². The summed E-state index contributed by atoms with van der Waals surface area (Å²) in [4.78, 5) is 15.6. The van der Waals surface area contributed by atoms with E-state index in [0.717, 1.165) is 6.26 Å². The third kappa shape index (κ3) is 6.08. The number of ether oxygens (including phenoxy) is 2. The largest absolute Gasteiger partial charge is 0.461 e. The average Bonchev–Trinajstić information content (AvgIpc) is 2.85. The van der Waals surface area contributed by atoms with Crippen molar-refractivity contribution in [1.29, 1.82) is 0 Å². The summed E-state index contributed by atoms with van der Waals surface area (Å²) in [5.74, 6) is -0.495. The van der Waals surface area contributed by atoms with E-state index < -0.39 is 16.0 Å². The van der Waals surface area contributed by atoms with E-state index in [-0.39, 0.29) is 18.8 Å². The van der Waals surface area contributed by atoms with Crippen LogP contribution in [0.25, 0.3) is 0 Å². The lowest BCUT2D eigenvalue weighted by atomic mass is 10.4. The summed E-state index contributed by atoms with van der Waals surface area (Å²) in [7, 11) is -1.77. The van der Waals surface area contributed by atoms with Crippen molar-refractivity contribution in [3.8, 4) is 0 Å². The maximum Gasteiger partial charge on any atom is 0.357 e. The van der Waals surface area contributed by atoms with Crippen LogP contribution in [0, 0.1) is 0 Å². The molecule has 0 aliphatic carbocycles. The summed E-state index contributed by atoms with van der Waals surface area (Å²) in [5, 5.41) is 2.13. The van der Waals surface area contributed by atoms with Gasteiger partial charge in [0.05, 0.1) is 19.4 Å². The minimum atomic E-state index is -3.34. The Morgan fingerprint density at radius 2 is 2.19 bits per heavy atom. The molecule has 120 valence electrons. The number of hydrogen-bond donors (Lipinski definition) is 0. The van der Waals surface area contributed by atoms with Crippen LogP contribution in [0.15, 0.2) is 5.38 Å². The first-order chi connectivity index (χ1) is 9.88. The molecule has 1 heterocycles. The molecule has 1 rings (SSSR count). The lowest BCUT2D eigenvalue weighted by molar-refractivity contribution is 0.0520. The molecular formula is C12H20N2O5S2. The van der Waals surface area contributed by atoms with E-state index in [1.165, 1.54) is 15.6 Å². The molecule has 0 unspecified atom stereocenters. The molecule has 0 amide bonds. The van der Waals surface area contributed by atoms with Gasteiger partial charge in [0.1, 0.15) is 5.01 Å². The second-order valence-electron chi connectivity index (χ2n) is 4.29. The molecule has 0 N–H and O–H groups in total. The Morgan fingerprint density at radius 1 is 1.48 bits per heavy atom. The topological polar surface area (TPSA) is 85.8 Å². The highest BCUT2D eigenvalue weighted by Crippen LogP contribution is 2.15. The van der Waals surface area contributed by atoms with Crippen molar-refractivity contribution in [1.82, 2.24) is 9.29 Å². The summed E-state index contributed by atoms with van der Waals surface area (Å²) < 4.78 is 34.6. The first-order valence-corrected chi connectivity index (χ1v) is 9.16. The van der Waals surface area contributed by atoms with Crippen molar-refractivity contribution in [3.05, 3.63) is 16.1 Å². The molecule has 0 fully saturated rings. The molecule has 0 radical (unpaired) electrons. The second kappa shape index (κ2) is 8.42. The van der Waals surface area contributed by atoms with Gasteiger partial charge in [0, 0.05) is 25.6 Å². The molecule has 0 saturated heterocycles. The van der Waals surface area contributed by atoms with Gasteiger partial charge >= 0.3 is 5.97 Å². The van der Waals surface area contributed by atoms with Gasteiger partial charge in [-0.05, 0) is 13.3 Å². The number of carbonyl (C=O) groups excluding carboxylic acids is 1. The number of aromatic nitrogens is 1. The summed E-state index contributed by atoms with van der Waals surface area (Å²) in [6.07, 6.45) is 1.75. The summed E-state index contributed by atoms with van der Waals surface area (Å²) in [6.45, 7) is 2.97. The molecule has 1 aromatic heterocycles. The SMILES string of the molecule is CCOC(=O)c1csc(CN(CCCOC)S(C)(=O)=O)n1. The number of esters is 1. The van der Waals surface area contributed by atoms with E-state index in [1.54, 1.807) is 19.4 Å². The summed E-state index contributed by atoms with van der Waals surface area (Å²) >= 11 is 1.24. The van der Waals surface area contributed by atoms with Gasteiger partial charge in [0.2, 0.25) is 10.0 Å². The van der Waals surface area contributed by atoms with Crippen LogP contribution in [-0.2, 0) is 26.0 Å². The first-order valence-electron chi connectivity index (χ1n) is 6.44. The molecule has 0 atom stereocenters. The Balaban J connectivity index is 2.73. The highest BCUT2D eigenvalue weighted by Gasteiger charge is 2.19. The fraction of sp³-hybridized carbons (Fsp3) is 0.667. The number of carbonyl (C=O) groups is 1. The van der Waals surface area contributed by atoms with Crippen LogP contribution >= 0.6 is 11.3 Å². The number of nitrogens with zero attached hydrogens (tertiary/aromatic N) is 2. The van der Waals surface area contributed by atoms with Gasteiger partial charge in [-0.2, -0.15) is 4.31 Å². The van der Waals surface area contributed by atoms with Crippen LogP contribution in [0.4, 0.5) is 0 Å². The van der Waals surface area contributed by atoms with E-state index in [2.05, 4.69) is 4.98 Å². The molecule has 0 aliphatic heterocycles. The zero-order valence-corrected chi connectivity index (χ0v) is 14.0. The molecule has 1 aromatic rings. The smallest absolute Gasteiger partial charge is 0.357 e. The number of hydrogen-bond acceptors (Lipinski definition) is 7. The van der Waals surface area contributed by atoms with Crippen molar-refractivity contribution in [3.63, 3.8) is 0 Å². The Labute approximate surface area is 128 Å². The average molecular weight is 336 g/mol. The molecule has 0 aromatic carbocycles. The highest BCUT2D eigenvalue weighted by molar-refractivity contribution is 7.88. The van der Waals surface area contributed by atoms with Crippen molar-refractivity contribution >= 4 is 27.3 Å². The minimum Gasteiger partial charge on any atom is -0.461 e. The normalized spacial score (nSPS) is 11.8. The molecule has 21 heavy (non-hydrogen) atoms. The van der Waals surface area contributed by atoms with Crippen molar-refractivity contribution in [2.24, 2.45) is 0 Å². The van der Waals surface area contributed by atoms with Gasteiger partial charge in [-0.25, -0.2) is 18.2 Å². The number of methoxy groups -OCH3 is 1. The molecule has 9 heteroatoms. The Kier molecular flexibility index (Phi) is 7.23. The fourth-order valence-electron chi connectivity index (χ4n) is 1.58. The van der Waals surface area contributed by atoms with Crippen molar-refractivity contribution in [2.75, 3.05) is 33.1 Å². The Hall–Kier alpha value is -1.03. The molecule has 0 saturated carbocycles. The van der Waals surface area contributed by atoms with Gasteiger partial charge in [0.15, 0.2) is 5.69 Å². The highest BCUT2D eigenvalue weighted by atomic mass is 32.2. The molecule has 0 aliphatic rings. The van der Waals surface area contributed by atoms with E-state index in [1.807, 2.05) is 0 Å². The first kappa shape index (κ1) is 18.0. The van der Waals surface area contributed by atoms with Crippen molar-refractivity contribution in [2.45, 2.75) is 19.9 Å². The van der Waals surface area contributed by atoms with Crippen molar-refractivity contribution < 1.29 is 22.7 Å². The van der Waals surface area contributed by atoms with Gasteiger partial charge in [-0.3, -0.25) is 0 Å². The van der Waals surface area contributed by atoms with E-state index in [4.69, 9.17) is 9.47 Å². The van der Waals surface area contributed by atoms with Gasteiger partial charge in [-0.15, -0.1) is 11.3 Å². The zero-order valence-electron chi connectivity index (χ0n) is 12.4. The third-order valence-electron chi connectivity index (χ3n) is 2.57. The molecule has 0 bridgehead atoms. The minimum absolute atomic E-state index is 0.145. The fourth-order valence-corrected chi connectivity index (χ4v) is 3.26. The van der Waals surface area contributed by atoms with Gasteiger partial charge in [0.25, 0.3) is 0 Å². The van der Waals surface area contributed by atoms with E-state index >= 15 is 0 Å². The number of rotatable bonds is 9. The van der Waals surface area contributed by atoms with Crippen LogP contribution in [-0.4, -0.2) is 56.8 Å². The predicted octanol–water partition coefficient (Wildman–Crippen LogP) is 1.12. The van der Waals surface area contributed by atoms with E-state index in [0.29, 0.717) is 24.6 Å². The summed E-state index contributed by atoms with van der Waals surface area (Å²) in [6, 6.07) is 0. The standard InChI is InChI=1S/C12H20N2O5S2/c1-4-19-12(15)10-9-20-11(13-10)8-14(21(3,16)17)6-5-7-18-2/h9H,4-8H2,1-3H3. The zero-order chi connectivity index (χ0) is 15.9. The number of sulfonamides is 1. The predicted molar refractivity (Wildman–Crippen MR) is 79.8 cm³/mol. The second-order valence-corrected chi connectivity index (χ2v) is 7.21. The molecule has 0 spiro atoms. The van der Waals surface area contributed by atoms with Crippen LogP contribution in [0.5, 0.6) is 0 Å². The number of thiazole rings is 1. The molecule has 7 nitrogen and oxygen atoms in total. The summed E-state index contributed by atoms with van der Waals surface area (Å²) in [5.41, 5.74) is 0.210. The van der Waals surface area contributed by atoms with E-state index in [9.17, 15) is 13.2 Å². The third-order valence-corrected chi connectivity index (χ3v) is 4.66. The quantitative estimate of drug-likeness (QED) is 0.496. The molecular weight excluding hydrogens is 316 g/mol. The Bertz CT molecular complexity index is 556. The van der Waals surface area contributed by atoms with Gasteiger partial charge in [-0.1, -0.05) is 0 Å². The van der Waals surface area contributed by atoms with Crippen LogP contribution in [0.3, 0.4) is 0 Å². The van der Waals surface area contributed by atoms with Gasteiger partial charge < -0.3 is 9.47 Å². The Morgan fingerprint density at radius 3 is 2.76 bits per heavy atom. The maximum absolute atomic E-state index is 11.7. The van der Waals surface area contributed by atoms with Crippen LogP contribution in [0.2, 0.25) is 0 Å². The maximum atomic E-state index is 11.7.